The van der Waals surface area contributed by atoms with Crippen molar-refractivity contribution >= 4 is 128 Å². The molecule has 0 spiro atoms. The van der Waals surface area contributed by atoms with Gasteiger partial charge in [-0.3, -0.25) is 0 Å². The van der Waals surface area contributed by atoms with Crippen molar-refractivity contribution in [2.24, 2.45) is 0 Å². The molecule has 2 aliphatic rings. The van der Waals surface area contributed by atoms with Crippen LogP contribution in [-0.4, -0.2) is 11.3 Å². The molecule has 0 N–H and O–H groups in total. The fourth-order valence-electron chi connectivity index (χ4n) is 13.3. The second-order valence-electron chi connectivity index (χ2n) is 26.1. The van der Waals surface area contributed by atoms with Crippen LogP contribution in [0, 0.1) is 20.8 Å². The quantitative estimate of drug-likeness (QED) is 0.154. The highest BCUT2D eigenvalue weighted by molar-refractivity contribution is 7.25. The number of benzene rings is 10. The summed E-state index contributed by atoms with van der Waals surface area (Å²) in [6.45, 7) is 27.8. The molecular weight excluding hydrogens is 1000 g/mol. The molecule has 0 bridgehead atoms. The lowest BCUT2D eigenvalue weighted by atomic mass is 9.33. The number of para-hydroxylation sites is 2. The molecule has 0 saturated carbocycles. The molecule has 6 heteroatoms. The topological polar surface area (TPSA) is 14.7 Å². The largest absolute Gasteiger partial charge is 0.311 e. The molecule has 0 amide bonds. The smallest absolute Gasteiger partial charge is 0.252 e. The monoisotopic (exact) mass is 1070 g/mol. The van der Waals surface area contributed by atoms with Gasteiger partial charge < -0.3 is 19.3 Å². The van der Waals surface area contributed by atoms with Crippen molar-refractivity contribution < 1.29 is 0 Å². The Kier molecular flexibility index (Phi) is 11.5. The Balaban J connectivity index is 1.04. The molecule has 4 nitrogen and oxygen atoms in total. The first-order valence-electron chi connectivity index (χ1n) is 28.9. The standard InChI is InChI=1S/C75H69BN4S/c1-46-38-67-71-68(39-46)80(56-32-35-60-59-23-17-19-25-69(59)81-70(60)45-56)65-42-50(74(7,8)9)28-36-61(65)76(71)62-37-33-55(44-66(62)79(67)53-29-26-49(27-30-53)73(4,5)6)77(72-47(2)40-51(41-48(72)3)75(10,11)12)54-31-34-58-57-22-16-18-24-63(57)78(64(58)43-54)52-20-14-13-15-21-52/h13-45H,1-12H3. The predicted octanol–water partition coefficient (Wildman–Crippen LogP) is 19.5. The minimum Gasteiger partial charge on any atom is -0.311 e. The van der Waals surface area contributed by atoms with E-state index in [1.54, 1.807) is 0 Å². The van der Waals surface area contributed by atoms with Gasteiger partial charge in [0.25, 0.3) is 6.71 Å². The summed E-state index contributed by atoms with van der Waals surface area (Å²) < 4.78 is 5.06. The molecule has 0 fully saturated rings. The Hall–Kier alpha value is -8.32. The highest BCUT2D eigenvalue weighted by atomic mass is 32.1. The Morgan fingerprint density at radius 3 is 1.60 bits per heavy atom. The van der Waals surface area contributed by atoms with Gasteiger partial charge in [-0.15, -0.1) is 11.3 Å². The van der Waals surface area contributed by atoms with Crippen LogP contribution in [0.15, 0.2) is 200 Å². The van der Waals surface area contributed by atoms with E-state index in [1.807, 2.05) is 11.3 Å². The van der Waals surface area contributed by atoms with Crippen molar-refractivity contribution in [3.63, 3.8) is 0 Å². The van der Waals surface area contributed by atoms with Crippen molar-refractivity contribution in [2.75, 3.05) is 14.7 Å². The number of hydrogen-bond donors (Lipinski definition) is 0. The van der Waals surface area contributed by atoms with Crippen LogP contribution in [0.5, 0.6) is 0 Å². The highest BCUT2D eigenvalue weighted by Gasteiger charge is 2.44. The number of anilines is 9. The lowest BCUT2D eigenvalue weighted by Crippen LogP contribution is -2.61. The van der Waals surface area contributed by atoms with Gasteiger partial charge in [0.15, 0.2) is 0 Å². The van der Waals surface area contributed by atoms with Crippen molar-refractivity contribution in [1.82, 2.24) is 4.57 Å². The molecule has 2 aliphatic heterocycles. The number of aryl methyl sites for hydroxylation is 3. The first-order chi connectivity index (χ1) is 38.8. The Bertz CT molecular complexity index is 4500. The van der Waals surface area contributed by atoms with Crippen LogP contribution < -0.4 is 31.1 Å². The molecule has 4 heterocycles. The molecule has 10 aromatic carbocycles. The van der Waals surface area contributed by atoms with Crippen LogP contribution in [0.25, 0.3) is 47.7 Å². The van der Waals surface area contributed by atoms with Crippen molar-refractivity contribution in [1.29, 1.82) is 0 Å². The van der Waals surface area contributed by atoms with Crippen molar-refractivity contribution in [3.8, 4) is 5.69 Å². The lowest BCUT2D eigenvalue weighted by Gasteiger charge is -2.45. The van der Waals surface area contributed by atoms with Crippen molar-refractivity contribution in [3.05, 3.63) is 234 Å². The van der Waals surface area contributed by atoms with Crippen molar-refractivity contribution in [2.45, 2.75) is 99.3 Å². The van der Waals surface area contributed by atoms with Crippen LogP contribution in [-0.2, 0) is 16.2 Å². The lowest BCUT2D eigenvalue weighted by molar-refractivity contribution is 0.589. The zero-order valence-corrected chi connectivity index (χ0v) is 49.6. The second kappa shape index (κ2) is 18.4. The number of aromatic nitrogens is 1. The van der Waals surface area contributed by atoms with Crippen LogP contribution in [0.3, 0.4) is 0 Å². The Morgan fingerprint density at radius 1 is 0.383 bits per heavy atom. The van der Waals surface area contributed by atoms with E-state index in [0.717, 1.165) is 22.7 Å². The van der Waals surface area contributed by atoms with Crippen LogP contribution in [0.4, 0.5) is 51.2 Å². The van der Waals surface area contributed by atoms with Gasteiger partial charge in [0.2, 0.25) is 0 Å². The first-order valence-corrected chi connectivity index (χ1v) is 29.7. The third kappa shape index (κ3) is 8.23. The van der Waals surface area contributed by atoms with Gasteiger partial charge in [0.1, 0.15) is 0 Å². The molecular formula is C75H69BN4S. The maximum absolute atomic E-state index is 2.59. The van der Waals surface area contributed by atoms with E-state index < -0.39 is 0 Å². The minimum atomic E-state index is -0.0627. The molecule has 0 atom stereocenters. The second-order valence-corrected chi connectivity index (χ2v) is 27.2. The normalized spacial score (nSPS) is 13.4. The maximum atomic E-state index is 2.59. The fraction of sp³-hybridized carbons (Fsp3) is 0.200. The van der Waals surface area contributed by atoms with Gasteiger partial charge in [0.05, 0.1) is 16.7 Å². The first kappa shape index (κ1) is 50.9. The van der Waals surface area contributed by atoms with E-state index in [9.17, 15) is 0 Å². The van der Waals surface area contributed by atoms with E-state index in [1.165, 1.54) is 126 Å². The SMILES string of the molecule is Cc1cc2c3c(c1)N(c1ccc4c(c1)sc1ccccc14)c1cc(C(C)(C)C)ccc1B3c1ccc(N(c3ccc4c5ccccc5n(-c5ccccc5)c4c3)c3c(C)cc(C(C)(C)C)cc3C)cc1N2c1ccc(C(C)(C)C)cc1. The van der Waals surface area contributed by atoms with Gasteiger partial charge in [-0.1, -0.05) is 172 Å². The Labute approximate surface area is 482 Å². The number of thiophene rings is 1. The third-order valence-corrected chi connectivity index (χ3v) is 18.6. The number of fused-ring (bicyclic) bond motifs is 10. The number of hydrogen-bond acceptors (Lipinski definition) is 4. The maximum Gasteiger partial charge on any atom is 0.252 e. The zero-order valence-electron chi connectivity index (χ0n) is 48.8. The fourth-order valence-corrected chi connectivity index (χ4v) is 14.5. The predicted molar refractivity (Wildman–Crippen MR) is 353 cm³/mol. The molecule has 0 aliphatic carbocycles. The van der Waals surface area contributed by atoms with E-state index in [4.69, 9.17) is 0 Å². The van der Waals surface area contributed by atoms with Gasteiger partial charge in [-0.2, -0.15) is 0 Å². The van der Waals surface area contributed by atoms with Gasteiger partial charge >= 0.3 is 0 Å². The summed E-state index contributed by atoms with van der Waals surface area (Å²) in [5, 5.41) is 5.10. The molecule has 14 rings (SSSR count). The van der Waals surface area contributed by atoms with Crippen LogP contribution in [0.2, 0.25) is 0 Å². The molecule has 0 unspecified atom stereocenters. The molecule has 81 heavy (non-hydrogen) atoms. The summed E-state index contributed by atoms with van der Waals surface area (Å²) in [4.78, 5) is 7.74. The molecule has 12 aromatic rings. The summed E-state index contributed by atoms with van der Waals surface area (Å²) >= 11 is 1.89. The summed E-state index contributed by atoms with van der Waals surface area (Å²) in [5.74, 6) is 0. The summed E-state index contributed by atoms with van der Waals surface area (Å²) in [6, 6.07) is 76.7. The average Bonchev–Trinajstić information content (AvgIpc) is 3.47. The summed E-state index contributed by atoms with van der Waals surface area (Å²) in [5.41, 5.74) is 25.6. The van der Waals surface area contributed by atoms with E-state index >= 15 is 0 Å². The van der Waals surface area contributed by atoms with E-state index in [2.05, 4.69) is 303 Å². The third-order valence-electron chi connectivity index (χ3n) is 17.4. The van der Waals surface area contributed by atoms with Gasteiger partial charge in [-0.25, -0.2) is 0 Å². The minimum absolute atomic E-state index is 0.00316. The number of nitrogens with zero attached hydrogens (tertiary/aromatic N) is 4. The molecule has 0 saturated heterocycles. The molecule has 2 aromatic heterocycles. The van der Waals surface area contributed by atoms with Gasteiger partial charge in [0, 0.05) is 82.1 Å². The van der Waals surface area contributed by atoms with E-state index in [-0.39, 0.29) is 23.0 Å². The number of rotatable bonds is 6. The van der Waals surface area contributed by atoms with E-state index in [0.29, 0.717) is 0 Å². The zero-order chi connectivity index (χ0) is 56.0. The van der Waals surface area contributed by atoms with Crippen LogP contribution in [0.1, 0.15) is 95.7 Å². The van der Waals surface area contributed by atoms with Gasteiger partial charge in [-0.05, 0) is 178 Å². The average molecular weight is 1070 g/mol. The summed E-state index contributed by atoms with van der Waals surface area (Å²) in [7, 11) is 0. The van der Waals surface area contributed by atoms with Crippen LogP contribution >= 0.6 is 11.3 Å². The highest BCUT2D eigenvalue weighted by Crippen LogP contribution is 2.50. The molecule has 0 radical (unpaired) electrons. The summed E-state index contributed by atoms with van der Waals surface area (Å²) in [6.07, 6.45) is 0. The Morgan fingerprint density at radius 2 is 0.914 bits per heavy atom. The molecule has 398 valence electrons.